The number of hydrogen-bond donors (Lipinski definition) is 2. The molecule has 0 radical (unpaired) electrons. The van der Waals surface area contributed by atoms with Crippen LogP contribution in [0.2, 0.25) is 0 Å². The lowest BCUT2D eigenvalue weighted by Crippen LogP contribution is -2.42. The smallest absolute Gasteiger partial charge is 0.350 e. The molecule has 0 saturated heterocycles. The lowest BCUT2D eigenvalue weighted by Gasteiger charge is -2.22. The number of ether oxygens (including phenoxy) is 2. The van der Waals surface area contributed by atoms with Crippen molar-refractivity contribution in [3.05, 3.63) is 45.4 Å². The standard InChI is InChI=1S/C22H30N4O3S/c1-6-29-20(27)18-14(2)25-19(30-18)15(3)26-21(23-4)24-13-22(11-12-22)16-9-7-8-10-17(16)28-5/h7-10,15H,6,11-13H2,1-5H3,(H2,23,24,26). The average molecular weight is 431 g/mol. The van der Waals surface area contributed by atoms with Crippen LogP contribution in [0.4, 0.5) is 0 Å². The summed E-state index contributed by atoms with van der Waals surface area (Å²) in [5.41, 5.74) is 2.00. The number of hydrogen-bond acceptors (Lipinski definition) is 6. The fourth-order valence-corrected chi connectivity index (χ4v) is 4.44. The van der Waals surface area contributed by atoms with Crippen molar-refractivity contribution >= 4 is 23.3 Å². The minimum Gasteiger partial charge on any atom is -0.496 e. The van der Waals surface area contributed by atoms with Crippen LogP contribution >= 0.6 is 11.3 Å². The van der Waals surface area contributed by atoms with Crippen LogP contribution in [0.3, 0.4) is 0 Å². The largest absolute Gasteiger partial charge is 0.496 e. The molecule has 1 atom stereocenters. The summed E-state index contributed by atoms with van der Waals surface area (Å²) in [5.74, 6) is 1.31. The Hall–Kier alpha value is -2.61. The van der Waals surface area contributed by atoms with Crippen molar-refractivity contribution in [3.8, 4) is 5.75 Å². The normalized spacial score (nSPS) is 16.0. The van der Waals surface area contributed by atoms with E-state index in [1.807, 2.05) is 26.0 Å². The Bertz CT molecular complexity index is 921. The number of aliphatic imine (C=N–C) groups is 1. The van der Waals surface area contributed by atoms with Gasteiger partial charge in [0, 0.05) is 24.6 Å². The van der Waals surface area contributed by atoms with Crippen LogP contribution in [0.15, 0.2) is 29.3 Å². The first-order valence-electron chi connectivity index (χ1n) is 10.2. The van der Waals surface area contributed by atoms with Crippen LogP contribution in [0.5, 0.6) is 5.75 Å². The molecule has 1 aliphatic carbocycles. The molecule has 1 fully saturated rings. The molecule has 162 valence electrons. The van der Waals surface area contributed by atoms with E-state index in [9.17, 15) is 4.79 Å². The van der Waals surface area contributed by atoms with E-state index in [0.717, 1.165) is 30.1 Å². The fourth-order valence-electron chi connectivity index (χ4n) is 3.48. The summed E-state index contributed by atoms with van der Waals surface area (Å²) in [6.07, 6.45) is 2.23. The summed E-state index contributed by atoms with van der Waals surface area (Å²) in [5, 5.41) is 7.66. The molecule has 0 aliphatic heterocycles. The number of carbonyl (C=O) groups is 1. The van der Waals surface area contributed by atoms with Gasteiger partial charge in [-0.2, -0.15) is 0 Å². The second kappa shape index (κ2) is 9.47. The highest BCUT2D eigenvalue weighted by Gasteiger charge is 2.46. The highest BCUT2D eigenvalue weighted by Crippen LogP contribution is 2.50. The number of methoxy groups -OCH3 is 1. The summed E-state index contributed by atoms with van der Waals surface area (Å²) < 4.78 is 10.7. The number of esters is 1. The van der Waals surface area contributed by atoms with Crippen molar-refractivity contribution < 1.29 is 14.3 Å². The topological polar surface area (TPSA) is 84.8 Å². The second-order valence-electron chi connectivity index (χ2n) is 7.46. The van der Waals surface area contributed by atoms with Crippen LogP contribution in [0.25, 0.3) is 0 Å². The van der Waals surface area contributed by atoms with Gasteiger partial charge in [-0.25, -0.2) is 9.78 Å². The maximum absolute atomic E-state index is 12.1. The number of para-hydroxylation sites is 1. The Morgan fingerprint density at radius 3 is 2.73 bits per heavy atom. The third-order valence-corrected chi connectivity index (χ3v) is 6.67. The van der Waals surface area contributed by atoms with E-state index in [2.05, 4.69) is 32.7 Å². The zero-order valence-electron chi connectivity index (χ0n) is 18.2. The van der Waals surface area contributed by atoms with E-state index in [4.69, 9.17) is 9.47 Å². The number of aromatic nitrogens is 1. The molecule has 7 nitrogen and oxygen atoms in total. The number of nitrogens with zero attached hydrogens (tertiary/aromatic N) is 2. The SMILES string of the molecule is CCOC(=O)c1sc(C(C)NC(=NC)NCC2(c3ccccc3OC)CC2)nc1C. The Morgan fingerprint density at radius 1 is 1.37 bits per heavy atom. The van der Waals surface area contributed by atoms with Gasteiger partial charge in [0.1, 0.15) is 15.6 Å². The molecule has 1 aliphatic rings. The van der Waals surface area contributed by atoms with E-state index in [0.29, 0.717) is 23.1 Å². The zero-order valence-corrected chi connectivity index (χ0v) is 19.1. The lowest BCUT2D eigenvalue weighted by molar-refractivity contribution is 0.0531. The van der Waals surface area contributed by atoms with Crippen molar-refractivity contribution in [2.24, 2.45) is 4.99 Å². The molecule has 1 heterocycles. The predicted octanol–water partition coefficient (Wildman–Crippen LogP) is 3.59. The molecular formula is C22H30N4O3S. The van der Waals surface area contributed by atoms with Crippen molar-refractivity contribution in [1.82, 2.24) is 15.6 Å². The van der Waals surface area contributed by atoms with Gasteiger partial charge in [0.25, 0.3) is 0 Å². The number of carbonyl (C=O) groups excluding carboxylic acids is 1. The van der Waals surface area contributed by atoms with Crippen LogP contribution in [-0.2, 0) is 10.2 Å². The highest BCUT2D eigenvalue weighted by atomic mass is 32.1. The van der Waals surface area contributed by atoms with E-state index in [-0.39, 0.29) is 17.4 Å². The molecule has 3 rings (SSSR count). The quantitative estimate of drug-likeness (QED) is 0.378. The van der Waals surface area contributed by atoms with Gasteiger partial charge in [0.2, 0.25) is 0 Å². The maximum atomic E-state index is 12.1. The Balaban J connectivity index is 1.64. The number of guanidine groups is 1. The zero-order chi connectivity index (χ0) is 21.7. The van der Waals surface area contributed by atoms with Crippen LogP contribution in [0.1, 0.15) is 58.7 Å². The lowest BCUT2D eigenvalue weighted by atomic mass is 9.95. The molecule has 1 saturated carbocycles. The van der Waals surface area contributed by atoms with E-state index >= 15 is 0 Å². The maximum Gasteiger partial charge on any atom is 0.350 e. The number of rotatable bonds is 8. The van der Waals surface area contributed by atoms with Crippen LogP contribution in [-0.4, -0.2) is 44.2 Å². The molecular weight excluding hydrogens is 400 g/mol. The van der Waals surface area contributed by atoms with Gasteiger partial charge < -0.3 is 20.1 Å². The molecule has 1 unspecified atom stereocenters. The molecule has 8 heteroatoms. The number of aryl methyl sites for hydroxylation is 1. The highest BCUT2D eigenvalue weighted by molar-refractivity contribution is 7.13. The molecule has 30 heavy (non-hydrogen) atoms. The molecule has 1 aromatic carbocycles. The van der Waals surface area contributed by atoms with E-state index < -0.39 is 0 Å². The first-order valence-corrected chi connectivity index (χ1v) is 11.0. The van der Waals surface area contributed by atoms with Gasteiger partial charge in [0.15, 0.2) is 5.96 Å². The van der Waals surface area contributed by atoms with Crippen molar-refractivity contribution in [1.29, 1.82) is 0 Å². The van der Waals surface area contributed by atoms with Gasteiger partial charge in [0.05, 0.1) is 25.5 Å². The van der Waals surface area contributed by atoms with Crippen molar-refractivity contribution in [3.63, 3.8) is 0 Å². The monoisotopic (exact) mass is 430 g/mol. The van der Waals surface area contributed by atoms with Crippen LogP contribution < -0.4 is 15.4 Å². The van der Waals surface area contributed by atoms with E-state index in [1.165, 1.54) is 16.9 Å². The van der Waals surface area contributed by atoms with Gasteiger partial charge >= 0.3 is 5.97 Å². The fraction of sp³-hybridized carbons (Fsp3) is 0.500. The summed E-state index contributed by atoms with van der Waals surface area (Å²) in [6, 6.07) is 8.11. The minimum atomic E-state index is -0.319. The van der Waals surface area contributed by atoms with Gasteiger partial charge in [-0.05, 0) is 39.7 Å². The molecule has 2 aromatic rings. The van der Waals surface area contributed by atoms with Crippen molar-refractivity contribution in [2.45, 2.75) is 45.1 Å². The summed E-state index contributed by atoms with van der Waals surface area (Å²) in [7, 11) is 3.47. The number of thiazole rings is 1. The summed E-state index contributed by atoms with van der Waals surface area (Å²) in [4.78, 5) is 21.5. The van der Waals surface area contributed by atoms with E-state index in [1.54, 1.807) is 21.1 Å². The summed E-state index contributed by atoms with van der Waals surface area (Å²) in [6.45, 7) is 6.75. The Morgan fingerprint density at radius 2 is 2.10 bits per heavy atom. The first kappa shape index (κ1) is 22.1. The third-order valence-electron chi connectivity index (χ3n) is 5.35. The van der Waals surface area contributed by atoms with Gasteiger partial charge in [-0.1, -0.05) is 18.2 Å². The molecule has 0 bridgehead atoms. The molecule has 0 amide bonds. The Labute approximate surface area is 181 Å². The van der Waals surface area contributed by atoms with Gasteiger partial charge in [-0.15, -0.1) is 11.3 Å². The number of nitrogens with one attached hydrogen (secondary N) is 2. The summed E-state index contributed by atoms with van der Waals surface area (Å²) >= 11 is 1.36. The predicted molar refractivity (Wildman–Crippen MR) is 120 cm³/mol. The molecule has 1 aromatic heterocycles. The third kappa shape index (κ3) is 4.75. The molecule has 2 N–H and O–H groups in total. The molecule has 0 spiro atoms. The minimum absolute atomic E-state index is 0.0717. The first-order chi connectivity index (χ1) is 14.4. The average Bonchev–Trinajstić information content (AvgIpc) is 3.44. The van der Waals surface area contributed by atoms with Crippen molar-refractivity contribution in [2.75, 3.05) is 27.3 Å². The van der Waals surface area contributed by atoms with Crippen LogP contribution in [0, 0.1) is 6.92 Å². The van der Waals surface area contributed by atoms with Gasteiger partial charge in [-0.3, -0.25) is 4.99 Å². The Kier molecular flexibility index (Phi) is 6.97. The second-order valence-corrected chi connectivity index (χ2v) is 8.49. The number of benzene rings is 1.